The van der Waals surface area contributed by atoms with E-state index in [9.17, 15) is 14.4 Å². The Kier molecular flexibility index (Phi) is 6.44. The molecule has 1 unspecified atom stereocenters. The van der Waals surface area contributed by atoms with Gasteiger partial charge in [-0.2, -0.15) is 0 Å². The van der Waals surface area contributed by atoms with Crippen LogP contribution in [0.5, 0.6) is 0 Å². The summed E-state index contributed by atoms with van der Waals surface area (Å²) in [6, 6.07) is 15.7. The second kappa shape index (κ2) is 9.41. The predicted molar refractivity (Wildman–Crippen MR) is 117 cm³/mol. The van der Waals surface area contributed by atoms with Crippen LogP contribution in [0.15, 0.2) is 48.5 Å². The molecule has 7 nitrogen and oxygen atoms in total. The average molecular weight is 421 g/mol. The molecule has 0 radical (unpaired) electrons. The fourth-order valence-electron chi connectivity index (χ4n) is 4.35. The lowest BCUT2D eigenvalue weighted by atomic mass is 10.0. The number of amides is 3. The smallest absolute Gasteiger partial charge is 0.255 e. The number of fused-ring (bicyclic) bond motifs is 1. The van der Waals surface area contributed by atoms with Crippen molar-refractivity contribution in [1.82, 2.24) is 15.1 Å². The van der Waals surface area contributed by atoms with Gasteiger partial charge in [0.2, 0.25) is 11.8 Å². The van der Waals surface area contributed by atoms with Gasteiger partial charge in [0.15, 0.2) is 0 Å². The molecular weight excluding hydrogens is 392 g/mol. The summed E-state index contributed by atoms with van der Waals surface area (Å²) in [6.07, 6.45) is 1.55. The number of piperidine rings is 1. The van der Waals surface area contributed by atoms with Crippen molar-refractivity contribution < 1.29 is 14.4 Å². The summed E-state index contributed by atoms with van der Waals surface area (Å²) in [5.41, 5.74) is 9.69. The number of hydrogen-bond donors (Lipinski definition) is 2. The lowest BCUT2D eigenvalue weighted by Gasteiger charge is -2.29. The zero-order valence-electron chi connectivity index (χ0n) is 17.5. The zero-order chi connectivity index (χ0) is 21.8. The van der Waals surface area contributed by atoms with Crippen LogP contribution in [0.3, 0.4) is 0 Å². The van der Waals surface area contributed by atoms with E-state index in [4.69, 9.17) is 5.73 Å². The summed E-state index contributed by atoms with van der Waals surface area (Å²) < 4.78 is 0. The molecule has 0 bridgehead atoms. The number of benzene rings is 2. The van der Waals surface area contributed by atoms with Crippen molar-refractivity contribution in [2.24, 2.45) is 5.73 Å². The summed E-state index contributed by atoms with van der Waals surface area (Å²) in [5, 5.41) is 2.35. The Balaban J connectivity index is 1.47. The first-order valence-electron chi connectivity index (χ1n) is 10.8. The van der Waals surface area contributed by atoms with Gasteiger partial charge in [-0.1, -0.05) is 42.5 Å². The monoisotopic (exact) mass is 420 g/mol. The number of carbonyl (C=O) groups is 3. The van der Waals surface area contributed by atoms with Crippen LogP contribution in [-0.4, -0.2) is 46.7 Å². The van der Waals surface area contributed by atoms with Gasteiger partial charge in [-0.05, 0) is 42.1 Å². The third-order valence-electron chi connectivity index (χ3n) is 5.92. The molecule has 7 heteroatoms. The first-order chi connectivity index (χ1) is 15.0. The largest absolute Gasteiger partial charge is 0.330 e. The van der Waals surface area contributed by atoms with Gasteiger partial charge in [-0.25, -0.2) is 0 Å². The van der Waals surface area contributed by atoms with E-state index in [0.717, 1.165) is 37.2 Å². The second-order valence-corrected chi connectivity index (χ2v) is 8.23. The van der Waals surface area contributed by atoms with E-state index in [1.54, 1.807) is 4.90 Å². The topological polar surface area (TPSA) is 95.7 Å². The number of rotatable bonds is 8. The molecule has 1 saturated heterocycles. The van der Waals surface area contributed by atoms with E-state index >= 15 is 0 Å². The number of carbonyl (C=O) groups excluding carboxylic acids is 3. The molecule has 0 spiro atoms. The van der Waals surface area contributed by atoms with E-state index in [0.29, 0.717) is 25.1 Å². The van der Waals surface area contributed by atoms with E-state index < -0.39 is 6.04 Å². The van der Waals surface area contributed by atoms with Crippen molar-refractivity contribution in [2.45, 2.75) is 44.9 Å². The van der Waals surface area contributed by atoms with Crippen molar-refractivity contribution >= 4 is 17.7 Å². The molecule has 2 heterocycles. The van der Waals surface area contributed by atoms with Crippen LogP contribution in [0.4, 0.5) is 0 Å². The molecule has 31 heavy (non-hydrogen) atoms. The molecule has 0 aliphatic carbocycles. The normalized spacial score (nSPS) is 18.5. The molecule has 4 rings (SSSR count). The van der Waals surface area contributed by atoms with Crippen LogP contribution in [-0.2, 0) is 29.2 Å². The molecule has 2 aliphatic heterocycles. The SMILES string of the molecule is NCCCN(Cc1ccccc1)Cc1ccc2c(c1)CN(C1CCC(=O)NC1=O)C2=O. The number of nitrogens with zero attached hydrogens (tertiary/aromatic N) is 2. The summed E-state index contributed by atoms with van der Waals surface area (Å²) in [7, 11) is 0. The van der Waals surface area contributed by atoms with Gasteiger partial charge in [0.05, 0.1) is 0 Å². The maximum Gasteiger partial charge on any atom is 0.255 e. The predicted octanol–water partition coefficient (Wildman–Crippen LogP) is 1.80. The minimum Gasteiger partial charge on any atom is -0.330 e. The molecule has 2 aromatic rings. The molecule has 0 saturated carbocycles. The van der Waals surface area contributed by atoms with E-state index in [2.05, 4.69) is 28.4 Å². The van der Waals surface area contributed by atoms with Crippen molar-refractivity contribution in [3.63, 3.8) is 0 Å². The van der Waals surface area contributed by atoms with Crippen LogP contribution in [0.25, 0.3) is 0 Å². The van der Waals surface area contributed by atoms with Crippen LogP contribution >= 0.6 is 0 Å². The minimum absolute atomic E-state index is 0.139. The number of imide groups is 1. The number of hydrogen-bond acceptors (Lipinski definition) is 5. The molecule has 3 amide bonds. The maximum absolute atomic E-state index is 12.9. The quantitative estimate of drug-likeness (QED) is 0.635. The van der Waals surface area contributed by atoms with Gasteiger partial charge in [-0.15, -0.1) is 0 Å². The van der Waals surface area contributed by atoms with Crippen molar-refractivity contribution in [1.29, 1.82) is 0 Å². The first-order valence-corrected chi connectivity index (χ1v) is 10.8. The van der Waals surface area contributed by atoms with Crippen molar-refractivity contribution in [3.8, 4) is 0 Å². The van der Waals surface area contributed by atoms with Gasteiger partial charge in [0, 0.05) is 38.2 Å². The summed E-state index contributed by atoms with van der Waals surface area (Å²) in [5.74, 6) is -0.794. The number of nitrogens with two attached hydrogens (primary N) is 1. The van der Waals surface area contributed by atoms with Gasteiger partial charge in [0.1, 0.15) is 6.04 Å². The van der Waals surface area contributed by atoms with E-state index in [1.165, 1.54) is 5.56 Å². The Morgan fingerprint density at radius 1 is 1.03 bits per heavy atom. The van der Waals surface area contributed by atoms with Crippen LogP contribution in [0.1, 0.15) is 46.3 Å². The lowest BCUT2D eigenvalue weighted by Crippen LogP contribution is -2.52. The Bertz CT molecular complexity index is 976. The Morgan fingerprint density at radius 2 is 1.81 bits per heavy atom. The van der Waals surface area contributed by atoms with Crippen molar-refractivity contribution in [2.75, 3.05) is 13.1 Å². The Labute approximate surface area is 182 Å². The Hall–Kier alpha value is -3.03. The van der Waals surface area contributed by atoms with Gasteiger partial charge in [0.25, 0.3) is 5.91 Å². The van der Waals surface area contributed by atoms with Crippen molar-refractivity contribution in [3.05, 3.63) is 70.8 Å². The van der Waals surface area contributed by atoms with Crippen LogP contribution < -0.4 is 11.1 Å². The highest BCUT2D eigenvalue weighted by Gasteiger charge is 2.39. The molecule has 0 aromatic heterocycles. The highest BCUT2D eigenvalue weighted by atomic mass is 16.2. The molecule has 1 fully saturated rings. The highest BCUT2D eigenvalue weighted by molar-refractivity contribution is 6.05. The summed E-state index contributed by atoms with van der Waals surface area (Å²) >= 11 is 0. The van der Waals surface area contributed by atoms with Crippen LogP contribution in [0, 0.1) is 0 Å². The second-order valence-electron chi connectivity index (χ2n) is 8.23. The lowest BCUT2D eigenvalue weighted by molar-refractivity contribution is -0.136. The fraction of sp³-hybridized carbons (Fsp3) is 0.375. The third-order valence-corrected chi connectivity index (χ3v) is 5.92. The molecular formula is C24H28N4O3. The maximum atomic E-state index is 12.9. The molecule has 1 atom stereocenters. The highest BCUT2D eigenvalue weighted by Crippen LogP contribution is 2.28. The third kappa shape index (κ3) is 4.84. The van der Waals surface area contributed by atoms with Gasteiger partial charge >= 0.3 is 0 Å². The van der Waals surface area contributed by atoms with E-state index in [1.807, 2.05) is 30.3 Å². The molecule has 3 N–H and O–H groups in total. The summed E-state index contributed by atoms with van der Waals surface area (Å²) in [6.45, 7) is 3.53. The van der Waals surface area contributed by atoms with Gasteiger partial charge < -0.3 is 10.6 Å². The summed E-state index contributed by atoms with van der Waals surface area (Å²) in [4.78, 5) is 40.5. The molecule has 2 aliphatic rings. The zero-order valence-corrected chi connectivity index (χ0v) is 17.5. The average Bonchev–Trinajstić information content (AvgIpc) is 3.08. The first kappa shape index (κ1) is 21.2. The minimum atomic E-state index is -0.583. The van der Waals surface area contributed by atoms with E-state index in [-0.39, 0.29) is 24.1 Å². The van der Waals surface area contributed by atoms with Crippen LogP contribution in [0.2, 0.25) is 0 Å². The van der Waals surface area contributed by atoms with Gasteiger partial charge in [-0.3, -0.25) is 24.6 Å². The number of nitrogens with one attached hydrogen (secondary N) is 1. The molecule has 2 aromatic carbocycles. The fourth-order valence-corrected chi connectivity index (χ4v) is 4.35. The molecule has 162 valence electrons. The Morgan fingerprint density at radius 3 is 2.55 bits per heavy atom. The standard InChI is InChI=1S/C24H28N4O3/c25-11-4-12-27(14-17-5-2-1-3-6-17)15-18-7-8-20-19(13-18)16-28(24(20)31)21-9-10-22(29)26-23(21)30/h1-3,5-8,13,21H,4,9-12,14-16,25H2,(H,26,29,30).